The Kier molecular flexibility index (Phi) is 6.46. The highest BCUT2D eigenvalue weighted by molar-refractivity contribution is 7.92. The number of amides is 2. The van der Waals surface area contributed by atoms with Gasteiger partial charge in [0.2, 0.25) is 0 Å². The van der Waals surface area contributed by atoms with Crippen LogP contribution in [0.3, 0.4) is 0 Å². The number of carbonyl (C=O) groups excluding carboxylic acids is 1. The molecule has 1 aliphatic heterocycles. The average molecular weight is 368 g/mol. The Morgan fingerprint density at radius 1 is 1.32 bits per heavy atom. The molecule has 1 N–H and O–H groups in total. The second-order valence-corrected chi connectivity index (χ2v) is 9.19. The first-order chi connectivity index (χ1) is 11.7. The van der Waals surface area contributed by atoms with Crippen molar-refractivity contribution in [3.05, 3.63) is 29.3 Å². The Labute approximate surface area is 151 Å². The summed E-state index contributed by atoms with van der Waals surface area (Å²) in [4.78, 5) is 16.3. The van der Waals surface area contributed by atoms with E-state index in [2.05, 4.69) is 5.32 Å². The molecule has 1 heterocycles. The summed E-state index contributed by atoms with van der Waals surface area (Å²) in [6.07, 6.45) is 1.30. The number of nitrogens with one attached hydrogen (secondary N) is 1. The molecular formula is C18H29N3O3S. The van der Waals surface area contributed by atoms with Crippen LogP contribution in [-0.2, 0) is 9.84 Å². The fourth-order valence-corrected chi connectivity index (χ4v) is 5.15. The molecule has 2 amide bonds. The molecule has 1 aromatic carbocycles. The minimum Gasteiger partial charge on any atom is -0.337 e. The molecule has 0 bridgehead atoms. The van der Waals surface area contributed by atoms with Crippen LogP contribution in [0.25, 0.3) is 0 Å². The SMILES string of the molecule is Cc1cccc(S(=O)(=O)C2CCCN(C(=O)NCCN(C)C)C2)c1C. The first-order valence-corrected chi connectivity index (χ1v) is 10.3. The van der Waals surface area contributed by atoms with Gasteiger partial charge in [0.1, 0.15) is 0 Å². The lowest BCUT2D eigenvalue weighted by molar-refractivity contribution is 0.186. The molecule has 1 unspecified atom stereocenters. The topological polar surface area (TPSA) is 69.7 Å². The Morgan fingerprint density at radius 3 is 2.72 bits per heavy atom. The number of urea groups is 1. The van der Waals surface area contributed by atoms with Crippen molar-refractivity contribution in [2.75, 3.05) is 40.3 Å². The Hall–Kier alpha value is -1.60. The van der Waals surface area contributed by atoms with Crippen LogP contribution in [-0.4, -0.2) is 69.8 Å². The van der Waals surface area contributed by atoms with E-state index >= 15 is 0 Å². The molecule has 1 aliphatic rings. The average Bonchev–Trinajstić information content (AvgIpc) is 2.57. The van der Waals surface area contributed by atoms with Gasteiger partial charge in [-0.15, -0.1) is 0 Å². The van der Waals surface area contributed by atoms with Crippen molar-refractivity contribution in [3.8, 4) is 0 Å². The molecule has 2 rings (SSSR count). The molecule has 25 heavy (non-hydrogen) atoms. The van der Waals surface area contributed by atoms with Crippen molar-refractivity contribution in [2.45, 2.75) is 36.8 Å². The smallest absolute Gasteiger partial charge is 0.317 e. The summed E-state index contributed by atoms with van der Waals surface area (Å²) < 4.78 is 26.1. The lowest BCUT2D eigenvalue weighted by atomic mass is 10.1. The number of likely N-dealkylation sites (N-methyl/N-ethyl adjacent to an activating group) is 1. The Balaban J connectivity index is 2.09. The normalized spacial score (nSPS) is 18.4. The van der Waals surface area contributed by atoms with E-state index in [0.29, 0.717) is 30.8 Å². The number of carbonyl (C=O) groups is 1. The van der Waals surface area contributed by atoms with Gasteiger partial charge in [-0.25, -0.2) is 13.2 Å². The summed E-state index contributed by atoms with van der Waals surface area (Å²) in [7, 11) is 0.443. The van der Waals surface area contributed by atoms with Crippen molar-refractivity contribution in [2.24, 2.45) is 0 Å². The number of nitrogens with zero attached hydrogens (tertiary/aromatic N) is 2. The number of aryl methyl sites for hydroxylation is 1. The minimum atomic E-state index is -3.45. The van der Waals surface area contributed by atoms with Crippen LogP contribution in [0.1, 0.15) is 24.0 Å². The van der Waals surface area contributed by atoms with Crippen LogP contribution < -0.4 is 5.32 Å². The monoisotopic (exact) mass is 367 g/mol. The van der Waals surface area contributed by atoms with Crippen molar-refractivity contribution < 1.29 is 13.2 Å². The maximum atomic E-state index is 13.1. The third kappa shape index (κ3) is 4.73. The molecule has 1 atom stereocenters. The highest BCUT2D eigenvalue weighted by Crippen LogP contribution is 2.27. The van der Waals surface area contributed by atoms with E-state index in [0.717, 1.165) is 17.7 Å². The fraction of sp³-hybridized carbons (Fsp3) is 0.611. The third-order valence-corrected chi connectivity index (χ3v) is 7.12. The van der Waals surface area contributed by atoms with Crippen LogP contribution >= 0.6 is 0 Å². The molecular weight excluding hydrogens is 338 g/mol. The molecule has 140 valence electrons. The number of hydrogen-bond acceptors (Lipinski definition) is 4. The van der Waals surface area contributed by atoms with Gasteiger partial charge >= 0.3 is 6.03 Å². The summed E-state index contributed by atoms with van der Waals surface area (Å²) >= 11 is 0. The van der Waals surface area contributed by atoms with E-state index in [9.17, 15) is 13.2 Å². The van der Waals surface area contributed by atoms with Crippen LogP contribution in [0, 0.1) is 13.8 Å². The second kappa shape index (κ2) is 8.19. The van der Waals surface area contributed by atoms with Gasteiger partial charge in [-0.3, -0.25) is 0 Å². The van der Waals surface area contributed by atoms with Gasteiger partial charge in [0.15, 0.2) is 9.84 Å². The quantitative estimate of drug-likeness (QED) is 0.862. The predicted molar refractivity (Wildman–Crippen MR) is 99.6 cm³/mol. The van der Waals surface area contributed by atoms with E-state index in [1.165, 1.54) is 0 Å². The number of sulfone groups is 1. The first kappa shape index (κ1) is 19.7. The molecule has 0 aliphatic carbocycles. The van der Waals surface area contributed by atoms with Crippen molar-refractivity contribution >= 4 is 15.9 Å². The van der Waals surface area contributed by atoms with Crippen LogP contribution in [0.2, 0.25) is 0 Å². The van der Waals surface area contributed by atoms with Crippen molar-refractivity contribution in [1.82, 2.24) is 15.1 Å². The summed E-state index contributed by atoms with van der Waals surface area (Å²) in [5.74, 6) is 0. The first-order valence-electron chi connectivity index (χ1n) is 8.71. The molecule has 0 saturated carbocycles. The zero-order valence-electron chi connectivity index (χ0n) is 15.6. The Morgan fingerprint density at radius 2 is 2.04 bits per heavy atom. The number of rotatable bonds is 5. The summed E-state index contributed by atoms with van der Waals surface area (Å²) in [5.41, 5.74) is 1.77. The minimum absolute atomic E-state index is 0.178. The molecule has 0 aromatic heterocycles. The molecule has 6 nitrogen and oxygen atoms in total. The van der Waals surface area contributed by atoms with E-state index in [1.54, 1.807) is 17.0 Å². The van der Waals surface area contributed by atoms with E-state index in [4.69, 9.17) is 0 Å². The highest BCUT2D eigenvalue weighted by Gasteiger charge is 2.34. The fourth-order valence-electron chi connectivity index (χ4n) is 3.09. The van der Waals surface area contributed by atoms with E-state index in [1.807, 2.05) is 38.9 Å². The third-order valence-electron chi connectivity index (χ3n) is 4.80. The Bertz CT molecular complexity index is 716. The molecule has 1 saturated heterocycles. The zero-order valence-corrected chi connectivity index (χ0v) is 16.4. The second-order valence-electron chi connectivity index (χ2n) is 6.99. The van der Waals surface area contributed by atoms with Gasteiger partial charge in [-0.05, 0) is 58.0 Å². The number of likely N-dealkylation sites (tertiary alicyclic amines) is 1. The lowest BCUT2D eigenvalue weighted by Gasteiger charge is -2.33. The molecule has 1 fully saturated rings. The van der Waals surface area contributed by atoms with Crippen LogP contribution in [0.4, 0.5) is 4.79 Å². The van der Waals surface area contributed by atoms with Gasteiger partial charge in [0, 0.05) is 26.2 Å². The molecule has 7 heteroatoms. The van der Waals surface area contributed by atoms with Gasteiger partial charge in [-0.1, -0.05) is 12.1 Å². The van der Waals surface area contributed by atoms with E-state index < -0.39 is 15.1 Å². The summed E-state index contributed by atoms with van der Waals surface area (Å²) in [6, 6.07) is 5.19. The van der Waals surface area contributed by atoms with Crippen molar-refractivity contribution in [1.29, 1.82) is 0 Å². The van der Waals surface area contributed by atoms with Gasteiger partial charge in [0.25, 0.3) is 0 Å². The largest absolute Gasteiger partial charge is 0.337 e. The predicted octanol–water partition coefficient (Wildman–Crippen LogP) is 1.81. The molecule has 1 aromatic rings. The molecule has 0 spiro atoms. The number of piperidine rings is 1. The summed E-state index contributed by atoms with van der Waals surface area (Å²) in [6.45, 7) is 5.92. The van der Waals surface area contributed by atoms with Gasteiger partial charge < -0.3 is 15.1 Å². The van der Waals surface area contributed by atoms with Crippen LogP contribution in [0.15, 0.2) is 23.1 Å². The van der Waals surface area contributed by atoms with Crippen LogP contribution in [0.5, 0.6) is 0 Å². The number of benzene rings is 1. The maximum absolute atomic E-state index is 13.1. The summed E-state index contributed by atoms with van der Waals surface area (Å²) in [5, 5.41) is 2.33. The van der Waals surface area contributed by atoms with Crippen molar-refractivity contribution in [3.63, 3.8) is 0 Å². The zero-order chi connectivity index (χ0) is 18.6. The molecule has 0 radical (unpaired) electrons. The maximum Gasteiger partial charge on any atom is 0.317 e. The standard InChI is InChI=1S/C18H29N3O3S/c1-14-7-5-9-17(15(14)2)25(23,24)16-8-6-11-21(13-16)18(22)19-10-12-20(3)4/h5,7,9,16H,6,8,10-13H2,1-4H3,(H,19,22). The number of hydrogen-bond donors (Lipinski definition) is 1. The van der Waals surface area contributed by atoms with E-state index in [-0.39, 0.29) is 12.6 Å². The van der Waals surface area contributed by atoms with Gasteiger partial charge in [0.05, 0.1) is 10.1 Å². The lowest BCUT2D eigenvalue weighted by Crippen LogP contribution is -2.50. The van der Waals surface area contributed by atoms with Gasteiger partial charge in [-0.2, -0.15) is 0 Å². The highest BCUT2D eigenvalue weighted by atomic mass is 32.2.